The van der Waals surface area contributed by atoms with Gasteiger partial charge < -0.3 is 15.0 Å². The van der Waals surface area contributed by atoms with Crippen molar-refractivity contribution in [2.45, 2.75) is 44.8 Å². The van der Waals surface area contributed by atoms with Crippen LogP contribution in [0.2, 0.25) is 5.02 Å². The Labute approximate surface area is 118 Å². The van der Waals surface area contributed by atoms with Gasteiger partial charge in [-0.05, 0) is 45.4 Å². The molecule has 1 heterocycles. The number of hydrogen-bond donors (Lipinski definition) is 1. The highest BCUT2D eigenvalue weighted by Gasteiger charge is 2.53. The van der Waals surface area contributed by atoms with Gasteiger partial charge in [0.25, 0.3) is 0 Å². The maximum atomic E-state index is 13.2. The van der Waals surface area contributed by atoms with E-state index in [0.717, 1.165) is 0 Å². The van der Waals surface area contributed by atoms with Crippen molar-refractivity contribution in [1.82, 2.24) is 0 Å². The van der Waals surface area contributed by atoms with Crippen molar-refractivity contribution in [2.24, 2.45) is 5.73 Å². The van der Waals surface area contributed by atoms with Crippen molar-refractivity contribution >= 4 is 18.7 Å². The summed E-state index contributed by atoms with van der Waals surface area (Å²) >= 11 is 5.76. The number of rotatable bonds is 2. The molecule has 0 saturated carbocycles. The van der Waals surface area contributed by atoms with Crippen molar-refractivity contribution in [1.29, 1.82) is 0 Å². The van der Waals surface area contributed by atoms with Crippen LogP contribution in [0, 0.1) is 5.82 Å². The average molecular weight is 286 g/mol. The first-order valence-corrected chi connectivity index (χ1v) is 6.58. The molecule has 1 aliphatic heterocycles. The quantitative estimate of drug-likeness (QED) is 0.849. The Balaban J connectivity index is 2.22. The SMILES string of the molecule is CC1(C)OB([C@@H](N)c2ccc(F)c(Cl)c2)OC1(C)C. The van der Waals surface area contributed by atoms with Gasteiger partial charge in [-0.2, -0.15) is 0 Å². The van der Waals surface area contributed by atoms with Crippen LogP contribution in [-0.4, -0.2) is 18.3 Å². The van der Waals surface area contributed by atoms with E-state index in [1.54, 1.807) is 6.07 Å². The predicted octanol–water partition coefficient (Wildman–Crippen LogP) is 3.11. The van der Waals surface area contributed by atoms with Gasteiger partial charge in [0.1, 0.15) is 5.82 Å². The Bertz CT molecular complexity index is 480. The van der Waals surface area contributed by atoms with Crippen molar-refractivity contribution in [3.8, 4) is 0 Å². The fourth-order valence-electron chi connectivity index (χ4n) is 1.91. The zero-order valence-electron chi connectivity index (χ0n) is 11.5. The third kappa shape index (κ3) is 2.65. The minimum atomic E-state index is -0.577. The molecule has 1 aromatic rings. The van der Waals surface area contributed by atoms with Gasteiger partial charge in [0.15, 0.2) is 0 Å². The summed E-state index contributed by atoms with van der Waals surface area (Å²) in [4.78, 5) is 0. The molecule has 1 aromatic carbocycles. The molecule has 1 aliphatic rings. The maximum Gasteiger partial charge on any atom is 0.480 e. The zero-order valence-corrected chi connectivity index (χ0v) is 12.3. The number of nitrogens with two attached hydrogens (primary N) is 1. The van der Waals surface area contributed by atoms with Crippen LogP contribution in [0.5, 0.6) is 0 Å². The van der Waals surface area contributed by atoms with Crippen LogP contribution in [0.4, 0.5) is 4.39 Å². The summed E-state index contributed by atoms with van der Waals surface area (Å²) in [7, 11) is -0.577. The van der Waals surface area contributed by atoms with Crippen molar-refractivity contribution in [2.75, 3.05) is 0 Å². The molecule has 0 aromatic heterocycles. The van der Waals surface area contributed by atoms with Crippen LogP contribution >= 0.6 is 11.6 Å². The van der Waals surface area contributed by atoms with E-state index in [0.29, 0.717) is 5.56 Å². The van der Waals surface area contributed by atoms with Gasteiger partial charge in [0, 0.05) is 0 Å². The standard InChI is InChI=1S/C13H18BClFNO2/c1-12(2)13(3,4)19-14(18-12)11(17)8-5-6-10(16)9(15)7-8/h5-7,11H,17H2,1-4H3/t11-/m0/s1. The molecule has 0 unspecified atom stereocenters. The lowest BCUT2D eigenvalue weighted by Crippen LogP contribution is -2.41. The van der Waals surface area contributed by atoms with Crippen molar-refractivity contribution in [3.63, 3.8) is 0 Å². The largest absolute Gasteiger partial charge is 0.480 e. The first-order valence-electron chi connectivity index (χ1n) is 6.20. The Kier molecular flexibility index (Phi) is 3.69. The van der Waals surface area contributed by atoms with Gasteiger partial charge in [-0.25, -0.2) is 4.39 Å². The van der Waals surface area contributed by atoms with E-state index >= 15 is 0 Å². The molecular weight excluding hydrogens is 267 g/mol. The fourth-order valence-corrected chi connectivity index (χ4v) is 2.10. The average Bonchev–Trinajstić information content (AvgIpc) is 2.51. The van der Waals surface area contributed by atoms with Crippen molar-refractivity contribution < 1.29 is 13.7 Å². The normalized spacial score (nSPS) is 22.6. The molecule has 1 fully saturated rings. The molecule has 3 nitrogen and oxygen atoms in total. The van der Waals surface area contributed by atoms with Gasteiger partial charge in [0.05, 0.1) is 22.2 Å². The van der Waals surface area contributed by atoms with Gasteiger partial charge in [0.2, 0.25) is 0 Å². The molecule has 2 N–H and O–H groups in total. The summed E-state index contributed by atoms with van der Waals surface area (Å²) in [6, 6.07) is 4.40. The molecule has 1 saturated heterocycles. The number of halogens is 2. The number of hydrogen-bond acceptors (Lipinski definition) is 3. The Hall–Kier alpha value is -0.615. The molecule has 19 heavy (non-hydrogen) atoms. The van der Waals surface area contributed by atoms with Crippen LogP contribution in [-0.2, 0) is 9.31 Å². The van der Waals surface area contributed by atoms with Crippen LogP contribution in [0.15, 0.2) is 18.2 Å². The first-order chi connectivity index (χ1) is 8.64. The minimum Gasteiger partial charge on any atom is -0.402 e. The summed E-state index contributed by atoms with van der Waals surface area (Å²) in [6.07, 6.45) is 0. The van der Waals surface area contributed by atoms with E-state index in [1.807, 2.05) is 27.7 Å². The van der Waals surface area contributed by atoms with Crippen LogP contribution in [0.25, 0.3) is 0 Å². The molecule has 0 radical (unpaired) electrons. The molecule has 1 atom stereocenters. The van der Waals surface area contributed by atoms with Gasteiger partial charge >= 0.3 is 7.12 Å². The van der Waals surface area contributed by atoms with Crippen LogP contribution < -0.4 is 5.73 Å². The first kappa shape index (κ1) is 14.8. The summed E-state index contributed by atoms with van der Waals surface area (Å²) in [6.45, 7) is 7.82. The van der Waals surface area contributed by atoms with Gasteiger partial charge in [-0.3, -0.25) is 0 Å². The monoisotopic (exact) mass is 285 g/mol. The molecule has 2 rings (SSSR count). The molecule has 0 aliphatic carbocycles. The number of benzene rings is 1. The summed E-state index contributed by atoms with van der Waals surface area (Å²) in [5.41, 5.74) is 5.92. The molecule has 0 spiro atoms. The third-order valence-electron chi connectivity index (χ3n) is 3.89. The van der Waals surface area contributed by atoms with E-state index in [4.69, 9.17) is 26.6 Å². The lowest BCUT2D eigenvalue weighted by molar-refractivity contribution is 0.00578. The molecule has 0 bridgehead atoms. The second-order valence-electron chi connectivity index (χ2n) is 5.82. The highest BCUT2D eigenvalue weighted by molar-refractivity contribution is 6.47. The highest BCUT2D eigenvalue weighted by Crippen LogP contribution is 2.39. The Morgan fingerprint density at radius 2 is 1.74 bits per heavy atom. The summed E-state index contributed by atoms with van der Waals surface area (Å²) < 4.78 is 24.9. The minimum absolute atomic E-state index is 0.0458. The van der Waals surface area contributed by atoms with E-state index in [1.165, 1.54) is 12.1 Å². The Morgan fingerprint density at radius 1 is 1.21 bits per heavy atom. The zero-order chi connectivity index (χ0) is 14.4. The fraction of sp³-hybridized carbons (Fsp3) is 0.538. The van der Waals surface area contributed by atoms with Gasteiger partial charge in [-0.15, -0.1) is 0 Å². The molecule has 6 heteroatoms. The van der Waals surface area contributed by atoms with Crippen LogP contribution in [0.1, 0.15) is 39.2 Å². The second kappa shape index (κ2) is 4.74. The maximum absolute atomic E-state index is 13.2. The molecule has 0 amide bonds. The lowest BCUT2D eigenvalue weighted by Gasteiger charge is -2.32. The topological polar surface area (TPSA) is 44.5 Å². The highest BCUT2D eigenvalue weighted by atomic mass is 35.5. The second-order valence-corrected chi connectivity index (χ2v) is 6.23. The summed E-state index contributed by atoms with van der Waals surface area (Å²) in [5.74, 6) is -0.981. The Morgan fingerprint density at radius 3 is 2.21 bits per heavy atom. The smallest absolute Gasteiger partial charge is 0.402 e. The lowest BCUT2D eigenvalue weighted by atomic mass is 9.75. The van der Waals surface area contributed by atoms with E-state index < -0.39 is 30.1 Å². The predicted molar refractivity (Wildman–Crippen MR) is 74.4 cm³/mol. The van der Waals surface area contributed by atoms with Crippen molar-refractivity contribution in [3.05, 3.63) is 34.6 Å². The van der Waals surface area contributed by atoms with E-state index in [2.05, 4.69) is 0 Å². The molecular formula is C13H18BClFNO2. The molecule has 104 valence electrons. The third-order valence-corrected chi connectivity index (χ3v) is 4.18. The van der Waals surface area contributed by atoms with Crippen LogP contribution in [0.3, 0.4) is 0 Å². The van der Waals surface area contributed by atoms with Gasteiger partial charge in [-0.1, -0.05) is 17.7 Å². The summed E-state index contributed by atoms with van der Waals surface area (Å²) in [5, 5.41) is 0.0458. The van der Waals surface area contributed by atoms with E-state index in [-0.39, 0.29) is 5.02 Å². The van der Waals surface area contributed by atoms with E-state index in [9.17, 15) is 4.39 Å².